The maximum atomic E-state index is 8.82. The van der Waals surface area contributed by atoms with Gasteiger partial charge in [-0.05, 0) is 24.3 Å². The molecule has 1 aromatic rings. The van der Waals surface area contributed by atoms with Gasteiger partial charge in [-0.3, -0.25) is 0 Å². The first-order chi connectivity index (χ1) is 4.33. The van der Waals surface area contributed by atoms with Crippen LogP contribution in [0.4, 0.5) is 5.69 Å². The predicted octanol–water partition coefficient (Wildman–Crippen LogP) is -1.56. The Morgan fingerprint density at radius 2 is 1.70 bits per heavy atom. The van der Waals surface area contributed by atoms with Gasteiger partial charge in [-0.25, -0.2) is 0 Å². The Balaban J connectivity index is 0.000000810. The maximum Gasteiger partial charge on any atom is 1.00 e. The second kappa shape index (κ2) is 4.61. The zero-order chi connectivity index (χ0) is 6.69. The molecule has 0 saturated carbocycles. The molecule has 0 radical (unpaired) electrons. The van der Waals surface area contributed by atoms with Crippen molar-refractivity contribution in [3.63, 3.8) is 0 Å². The van der Waals surface area contributed by atoms with Gasteiger partial charge in [-0.2, -0.15) is 0 Å². The summed E-state index contributed by atoms with van der Waals surface area (Å²) < 4.78 is 0. The largest absolute Gasteiger partial charge is 1.00 e. The van der Waals surface area contributed by atoms with Gasteiger partial charge in [0.25, 0.3) is 0 Å². The van der Waals surface area contributed by atoms with Gasteiger partial charge >= 0.3 is 29.6 Å². The Labute approximate surface area is 82.6 Å². The fraction of sp³-hybridized carbons (Fsp3) is 0.143. The molecule has 0 unspecified atom stereocenters. The van der Waals surface area contributed by atoms with E-state index in [1.165, 1.54) is 0 Å². The first kappa shape index (κ1) is 9.82. The third kappa shape index (κ3) is 2.60. The van der Waals surface area contributed by atoms with E-state index in [-0.39, 0.29) is 29.6 Å². The van der Waals surface area contributed by atoms with E-state index in [2.05, 4.69) is 5.32 Å². The molecule has 10 heavy (non-hydrogen) atoms. The smallest absolute Gasteiger partial charge is 0.508 e. The van der Waals surface area contributed by atoms with E-state index in [0.29, 0.717) is 5.75 Å². The Morgan fingerprint density at radius 3 is 2.10 bits per heavy atom. The van der Waals surface area contributed by atoms with Crippen molar-refractivity contribution < 1.29 is 34.7 Å². The number of phenolic OH excluding ortho intramolecular Hbond substituents is 1. The van der Waals surface area contributed by atoms with Gasteiger partial charge in [0, 0.05) is 12.7 Å². The first-order valence-corrected chi connectivity index (χ1v) is 2.79. The summed E-state index contributed by atoms with van der Waals surface area (Å²) in [6.07, 6.45) is 0. The van der Waals surface area contributed by atoms with Crippen LogP contribution in [0.5, 0.6) is 5.75 Å². The van der Waals surface area contributed by atoms with Gasteiger partial charge in [-0.15, -0.1) is 0 Å². The number of rotatable bonds is 1. The fourth-order valence-electron chi connectivity index (χ4n) is 0.628. The summed E-state index contributed by atoms with van der Waals surface area (Å²) in [5.41, 5.74) is 1.01. The summed E-state index contributed by atoms with van der Waals surface area (Å²) >= 11 is 0. The minimum atomic E-state index is 0. The zero-order valence-electron chi connectivity index (χ0n) is 6.26. The molecule has 0 heterocycles. The number of benzene rings is 1. The second-order valence-electron chi connectivity index (χ2n) is 1.80. The number of aromatic hydroxyl groups is 1. The number of phenols is 1. The average molecular weight is 146 g/mol. The van der Waals surface area contributed by atoms with E-state index in [1.54, 1.807) is 12.1 Å². The van der Waals surface area contributed by atoms with Gasteiger partial charge in [-0.1, -0.05) is 0 Å². The quantitative estimate of drug-likeness (QED) is 0.371. The monoisotopic (exact) mass is 146 g/mol. The van der Waals surface area contributed by atoms with Crippen molar-refractivity contribution in [1.82, 2.24) is 0 Å². The molecule has 0 aromatic heterocycles. The zero-order valence-corrected chi connectivity index (χ0v) is 8.26. The van der Waals surface area contributed by atoms with Crippen molar-refractivity contribution in [2.45, 2.75) is 0 Å². The summed E-state index contributed by atoms with van der Waals surface area (Å²) in [4.78, 5) is 0. The normalized spacial score (nSPS) is 8.10. The summed E-state index contributed by atoms with van der Waals surface area (Å²) in [5.74, 6) is 0.300. The topological polar surface area (TPSA) is 32.3 Å². The molecule has 0 aliphatic carbocycles. The van der Waals surface area contributed by atoms with Gasteiger partial charge in [0.1, 0.15) is 5.75 Å². The van der Waals surface area contributed by atoms with E-state index >= 15 is 0 Å². The van der Waals surface area contributed by atoms with Crippen LogP contribution in [0, 0.1) is 0 Å². The molecule has 0 aliphatic rings. The predicted molar refractivity (Wildman–Crippen MR) is 37.7 cm³/mol. The molecule has 0 amide bonds. The van der Waals surface area contributed by atoms with Crippen molar-refractivity contribution >= 4 is 5.69 Å². The molecule has 1 rings (SSSR count). The van der Waals surface area contributed by atoms with Crippen LogP contribution in [-0.4, -0.2) is 12.2 Å². The van der Waals surface area contributed by atoms with Crippen molar-refractivity contribution in [1.29, 1.82) is 0 Å². The molecule has 0 atom stereocenters. The SMILES string of the molecule is CNc1ccc(O)cc1.[Na+]. The maximum absolute atomic E-state index is 8.82. The van der Waals surface area contributed by atoms with Crippen molar-refractivity contribution in [2.75, 3.05) is 12.4 Å². The molecular formula is C7H9NNaO+. The van der Waals surface area contributed by atoms with Gasteiger partial charge < -0.3 is 10.4 Å². The minimum Gasteiger partial charge on any atom is -0.508 e. The van der Waals surface area contributed by atoms with Crippen molar-refractivity contribution in [3.05, 3.63) is 24.3 Å². The van der Waals surface area contributed by atoms with E-state index in [9.17, 15) is 0 Å². The molecule has 48 valence electrons. The standard InChI is InChI=1S/C7H9NO.Na/c1-8-6-2-4-7(9)5-3-6;/h2-5,8-9H,1H3;/q;+1. The Morgan fingerprint density at radius 1 is 1.20 bits per heavy atom. The molecular weight excluding hydrogens is 137 g/mol. The van der Waals surface area contributed by atoms with Crippen molar-refractivity contribution in [3.8, 4) is 5.75 Å². The van der Waals surface area contributed by atoms with Crippen LogP contribution in [0.1, 0.15) is 0 Å². The van der Waals surface area contributed by atoms with Gasteiger partial charge in [0.05, 0.1) is 0 Å². The summed E-state index contributed by atoms with van der Waals surface area (Å²) in [6, 6.07) is 6.92. The molecule has 3 heteroatoms. The fourth-order valence-corrected chi connectivity index (χ4v) is 0.628. The van der Waals surface area contributed by atoms with Crippen LogP contribution in [-0.2, 0) is 0 Å². The average Bonchev–Trinajstić information content (AvgIpc) is 1.90. The van der Waals surface area contributed by atoms with Crippen LogP contribution in [0.25, 0.3) is 0 Å². The van der Waals surface area contributed by atoms with E-state index in [0.717, 1.165) is 5.69 Å². The molecule has 2 N–H and O–H groups in total. The molecule has 2 nitrogen and oxygen atoms in total. The second-order valence-corrected chi connectivity index (χ2v) is 1.80. The molecule has 0 bridgehead atoms. The third-order valence-corrected chi connectivity index (χ3v) is 1.16. The molecule has 0 aliphatic heterocycles. The number of hydrogen-bond donors (Lipinski definition) is 2. The molecule has 0 saturated heterocycles. The van der Waals surface area contributed by atoms with E-state index < -0.39 is 0 Å². The van der Waals surface area contributed by atoms with E-state index in [4.69, 9.17) is 5.11 Å². The van der Waals surface area contributed by atoms with Gasteiger partial charge in [0.2, 0.25) is 0 Å². The van der Waals surface area contributed by atoms with Crippen LogP contribution in [0.3, 0.4) is 0 Å². The van der Waals surface area contributed by atoms with E-state index in [1.807, 2.05) is 19.2 Å². The van der Waals surface area contributed by atoms with Crippen LogP contribution in [0.15, 0.2) is 24.3 Å². The van der Waals surface area contributed by atoms with Gasteiger partial charge in [0.15, 0.2) is 0 Å². The molecule has 1 aromatic carbocycles. The molecule has 0 fully saturated rings. The number of hydrogen-bond acceptors (Lipinski definition) is 2. The van der Waals surface area contributed by atoms with Crippen LogP contribution in [0.2, 0.25) is 0 Å². The Kier molecular flexibility index (Phi) is 4.52. The molecule has 0 spiro atoms. The van der Waals surface area contributed by atoms with Crippen LogP contribution < -0.4 is 34.9 Å². The Hall–Kier alpha value is -0.180. The minimum absolute atomic E-state index is 0. The summed E-state index contributed by atoms with van der Waals surface area (Å²) in [6.45, 7) is 0. The summed E-state index contributed by atoms with van der Waals surface area (Å²) in [5, 5.41) is 11.8. The summed E-state index contributed by atoms with van der Waals surface area (Å²) in [7, 11) is 1.84. The third-order valence-electron chi connectivity index (χ3n) is 1.16. The number of nitrogens with one attached hydrogen (secondary N) is 1. The van der Waals surface area contributed by atoms with Crippen molar-refractivity contribution in [2.24, 2.45) is 0 Å². The number of anilines is 1. The van der Waals surface area contributed by atoms with Crippen LogP contribution >= 0.6 is 0 Å². The first-order valence-electron chi connectivity index (χ1n) is 2.79. The Bertz CT molecular complexity index is 185.